The van der Waals surface area contributed by atoms with E-state index in [1.54, 1.807) is 19.3 Å². The van der Waals surface area contributed by atoms with Crippen molar-refractivity contribution in [3.63, 3.8) is 0 Å². The smallest absolute Gasteiger partial charge is 0.123 e. The molecule has 0 fully saturated rings. The van der Waals surface area contributed by atoms with E-state index in [1.165, 1.54) is 12.1 Å². The van der Waals surface area contributed by atoms with Crippen LogP contribution in [0.15, 0.2) is 41.0 Å². The molecular weight excluding hydrogens is 319 g/mol. The Labute approximate surface area is 118 Å². The third-order valence-electron chi connectivity index (χ3n) is 2.62. The molecule has 0 spiro atoms. The summed E-state index contributed by atoms with van der Waals surface area (Å²) in [5, 5.41) is 3.61. The van der Waals surface area contributed by atoms with E-state index < -0.39 is 0 Å². The monoisotopic (exact) mass is 328 g/mol. The van der Waals surface area contributed by atoms with E-state index in [0.717, 1.165) is 10.2 Å². The molecule has 0 saturated heterocycles. The van der Waals surface area contributed by atoms with Gasteiger partial charge < -0.3 is 5.32 Å². The van der Waals surface area contributed by atoms with Crippen molar-refractivity contribution in [3.8, 4) is 0 Å². The zero-order chi connectivity index (χ0) is 13.1. The van der Waals surface area contributed by atoms with Gasteiger partial charge in [-0.25, -0.2) is 4.39 Å². The number of benzene rings is 1. The standard InChI is InChI=1S/C13H11BrClFN2/c1-17-12(13-10(14)3-2-6-18-13)9-7-8(16)4-5-11(9)15/h2-7,12,17H,1H3. The quantitative estimate of drug-likeness (QED) is 0.922. The first-order chi connectivity index (χ1) is 8.63. The molecule has 0 aliphatic heterocycles. The van der Waals surface area contributed by atoms with Gasteiger partial charge >= 0.3 is 0 Å². The van der Waals surface area contributed by atoms with Crippen molar-refractivity contribution in [2.75, 3.05) is 7.05 Å². The molecular formula is C13H11BrClFN2. The average molecular weight is 330 g/mol. The normalized spacial score (nSPS) is 12.4. The third-order valence-corrected chi connectivity index (χ3v) is 3.63. The molecule has 1 unspecified atom stereocenters. The van der Waals surface area contributed by atoms with Crippen LogP contribution >= 0.6 is 27.5 Å². The fraction of sp³-hybridized carbons (Fsp3) is 0.154. The van der Waals surface area contributed by atoms with Crippen molar-refractivity contribution in [3.05, 3.63) is 63.1 Å². The SMILES string of the molecule is CNC(c1cc(F)ccc1Cl)c1ncccc1Br. The number of aromatic nitrogens is 1. The number of nitrogens with zero attached hydrogens (tertiary/aromatic N) is 1. The minimum Gasteiger partial charge on any atom is -0.308 e. The summed E-state index contributed by atoms with van der Waals surface area (Å²) in [5.41, 5.74) is 1.44. The minimum atomic E-state index is -0.318. The number of hydrogen-bond acceptors (Lipinski definition) is 2. The van der Waals surface area contributed by atoms with E-state index in [2.05, 4.69) is 26.2 Å². The van der Waals surface area contributed by atoms with E-state index in [1.807, 2.05) is 12.1 Å². The van der Waals surface area contributed by atoms with Gasteiger partial charge in [0.2, 0.25) is 0 Å². The van der Waals surface area contributed by atoms with Crippen LogP contribution < -0.4 is 5.32 Å². The highest BCUT2D eigenvalue weighted by molar-refractivity contribution is 9.10. The molecule has 1 atom stereocenters. The molecule has 0 amide bonds. The van der Waals surface area contributed by atoms with E-state index in [4.69, 9.17) is 11.6 Å². The van der Waals surface area contributed by atoms with Gasteiger partial charge in [0.05, 0.1) is 11.7 Å². The number of pyridine rings is 1. The fourth-order valence-corrected chi connectivity index (χ4v) is 2.50. The van der Waals surface area contributed by atoms with Gasteiger partial charge in [-0.15, -0.1) is 0 Å². The van der Waals surface area contributed by atoms with Gasteiger partial charge in [-0.2, -0.15) is 0 Å². The summed E-state index contributed by atoms with van der Waals surface area (Å²) in [5.74, 6) is -0.318. The van der Waals surface area contributed by atoms with Crippen molar-refractivity contribution in [2.24, 2.45) is 0 Å². The van der Waals surface area contributed by atoms with Crippen molar-refractivity contribution < 1.29 is 4.39 Å². The van der Waals surface area contributed by atoms with Crippen LogP contribution in [0.5, 0.6) is 0 Å². The number of halogens is 3. The Kier molecular flexibility index (Phi) is 4.32. The molecule has 18 heavy (non-hydrogen) atoms. The largest absolute Gasteiger partial charge is 0.308 e. The molecule has 1 heterocycles. The highest BCUT2D eigenvalue weighted by Crippen LogP contribution is 2.31. The zero-order valence-corrected chi connectivity index (χ0v) is 12.0. The fourth-order valence-electron chi connectivity index (χ4n) is 1.79. The Bertz CT molecular complexity index is 562. The predicted octanol–water partition coefficient (Wildman–Crippen LogP) is 3.95. The van der Waals surface area contributed by atoms with Crippen LogP contribution in [0, 0.1) is 5.82 Å². The van der Waals surface area contributed by atoms with Gasteiger partial charge in [0.25, 0.3) is 0 Å². The lowest BCUT2D eigenvalue weighted by atomic mass is 10.0. The average Bonchev–Trinajstić information content (AvgIpc) is 2.36. The lowest BCUT2D eigenvalue weighted by Crippen LogP contribution is -2.20. The van der Waals surface area contributed by atoms with Crippen molar-refractivity contribution >= 4 is 27.5 Å². The summed E-state index contributed by atoms with van der Waals surface area (Å²) in [6.07, 6.45) is 1.69. The predicted molar refractivity (Wildman–Crippen MR) is 74.2 cm³/mol. The molecule has 0 radical (unpaired) electrons. The Balaban J connectivity index is 2.52. The lowest BCUT2D eigenvalue weighted by molar-refractivity contribution is 0.613. The van der Waals surface area contributed by atoms with Gasteiger partial charge in [-0.3, -0.25) is 4.98 Å². The van der Waals surface area contributed by atoms with Crippen molar-refractivity contribution in [2.45, 2.75) is 6.04 Å². The van der Waals surface area contributed by atoms with Crippen molar-refractivity contribution in [1.29, 1.82) is 0 Å². The highest BCUT2D eigenvalue weighted by Gasteiger charge is 2.19. The molecule has 2 nitrogen and oxygen atoms in total. The van der Waals surface area contributed by atoms with Crippen LogP contribution in [0.4, 0.5) is 4.39 Å². The second-order valence-electron chi connectivity index (χ2n) is 3.76. The van der Waals surface area contributed by atoms with Crippen LogP contribution in [0.25, 0.3) is 0 Å². The van der Waals surface area contributed by atoms with E-state index in [0.29, 0.717) is 10.6 Å². The first kappa shape index (κ1) is 13.5. The second kappa shape index (κ2) is 5.78. The van der Waals surface area contributed by atoms with Crippen LogP contribution in [-0.2, 0) is 0 Å². The van der Waals surface area contributed by atoms with Crippen LogP contribution in [0.2, 0.25) is 5.02 Å². The van der Waals surface area contributed by atoms with Crippen LogP contribution in [-0.4, -0.2) is 12.0 Å². The van der Waals surface area contributed by atoms with E-state index in [9.17, 15) is 4.39 Å². The molecule has 0 saturated carbocycles. The Morgan fingerprint density at radius 2 is 2.17 bits per heavy atom. The van der Waals surface area contributed by atoms with Gasteiger partial charge in [-0.05, 0) is 58.9 Å². The molecule has 0 aliphatic rings. The molecule has 1 aromatic heterocycles. The number of hydrogen-bond donors (Lipinski definition) is 1. The van der Waals surface area contributed by atoms with Crippen molar-refractivity contribution in [1.82, 2.24) is 10.3 Å². The molecule has 5 heteroatoms. The summed E-state index contributed by atoms with van der Waals surface area (Å²) in [6.45, 7) is 0. The van der Waals surface area contributed by atoms with Crippen LogP contribution in [0.3, 0.4) is 0 Å². The second-order valence-corrected chi connectivity index (χ2v) is 5.02. The van der Waals surface area contributed by atoms with Gasteiger partial charge in [0.15, 0.2) is 0 Å². The molecule has 94 valence electrons. The lowest BCUT2D eigenvalue weighted by Gasteiger charge is -2.18. The summed E-state index contributed by atoms with van der Waals surface area (Å²) in [7, 11) is 1.78. The van der Waals surface area contributed by atoms with Crippen LogP contribution in [0.1, 0.15) is 17.3 Å². The zero-order valence-electron chi connectivity index (χ0n) is 9.62. The molecule has 0 bridgehead atoms. The molecule has 2 aromatic rings. The Hall–Kier alpha value is -0.970. The van der Waals surface area contributed by atoms with Gasteiger partial charge in [0.1, 0.15) is 5.82 Å². The summed E-state index contributed by atoms with van der Waals surface area (Å²) >= 11 is 9.56. The minimum absolute atomic E-state index is 0.260. The van der Waals surface area contributed by atoms with E-state index >= 15 is 0 Å². The molecule has 0 aliphatic carbocycles. The first-order valence-corrected chi connectivity index (χ1v) is 6.53. The number of rotatable bonds is 3. The molecule has 2 rings (SSSR count). The van der Waals surface area contributed by atoms with Gasteiger partial charge in [-0.1, -0.05) is 11.6 Å². The maximum Gasteiger partial charge on any atom is 0.123 e. The Morgan fingerprint density at radius 1 is 1.39 bits per heavy atom. The Morgan fingerprint density at radius 3 is 2.83 bits per heavy atom. The number of nitrogens with one attached hydrogen (secondary N) is 1. The summed E-state index contributed by atoms with van der Waals surface area (Å²) < 4.78 is 14.2. The summed E-state index contributed by atoms with van der Waals surface area (Å²) in [4.78, 5) is 4.31. The maximum atomic E-state index is 13.3. The highest BCUT2D eigenvalue weighted by atomic mass is 79.9. The third kappa shape index (κ3) is 2.71. The first-order valence-electron chi connectivity index (χ1n) is 5.36. The topological polar surface area (TPSA) is 24.9 Å². The van der Waals surface area contributed by atoms with E-state index in [-0.39, 0.29) is 11.9 Å². The maximum absolute atomic E-state index is 13.3. The molecule has 1 aromatic carbocycles. The molecule has 1 N–H and O–H groups in total. The van der Waals surface area contributed by atoms with Gasteiger partial charge in [0, 0.05) is 15.7 Å². The summed E-state index contributed by atoms with van der Waals surface area (Å²) in [6, 6.07) is 7.76.